The molecular formula is C12H22OS. The molecule has 2 bridgehead atoms. The van der Waals surface area contributed by atoms with Gasteiger partial charge in [0.1, 0.15) is 0 Å². The zero-order valence-corrected chi connectivity index (χ0v) is 10.3. The van der Waals surface area contributed by atoms with Crippen molar-refractivity contribution in [2.75, 3.05) is 12.0 Å². The molecular weight excluding hydrogens is 192 g/mol. The maximum Gasteiger partial charge on any atom is 0.0634 e. The normalized spacial score (nSPS) is 52.3. The number of rotatable bonds is 2. The standard InChI is InChI=1S/C12H22OS/c1-8-6-9-4-5-12(8,2)11(13)10(9)7-14-3/h8-11,13H,4-7H2,1-3H3/t8-,9+,10+,11+,12-/m1/s1. The molecule has 0 aromatic rings. The smallest absolute Gasteiger partial charge is 0.0634 e. The van der Waals surface area contributed by atoms with Gasteiger partial charge in [-0.2, -0.15) is 11.8 Å². The number of thioether (sulfide) groups is 1. The van der Waals surface area contributed by atoms with Crippen LogP contribution >= 0.6 is 11.8 Å². The average molecular weight is 214 g/mol. The van der Waals surface area contributed by atoms with Gasteiger partial charge in [-0.3, -0.25) is 0 Å². The van der Waals surface area contributed by atoms with Crippen LogP contribution in [0, 0.1) is 23.2 Å². The van der Waals surface area contributed by atoms with Crippen LogP contribution in [0.5, 0.6) is 0 Å². The fourth-order valence-corrected chi connectivity index (χ4v) is 4.42. The molecule has 0 unspecified atom stereocenters. The van der Waals surface area contributed by atoms with Gasteiger partial charge in [0.05, 0.1) is 6.10 Å². The Kier molecular flexibility index (Phi) is 2.87. The minimum Gasteiger partial charge on any atom is -0.392 e. The second kappa shape index (κ2) is 3.71. The van der Waals surface area contributed by atoms with E-state index in [1.807, 2.05) is 11.8 Å². The minimum absolute atomic E-state index is 0.0440. The number of fused-ring (bicyclic) bond motifs is 3. The molecule has 1 N–H and O–H groups in total. The van der Waals surface area contributed by atoms with Crippen LogP contribution in [0.1, 0.15) is 33.1 Å². The molecule has 0 spiro atoms. The molecule has 1 nitrogen and oxygen atoms in total. The molecule has 3 aliphatic rings. The lowest BCUT2D eigenvalue weighted by Crippen LogP contribution is -2.55. The lowest BCUT2D eigenvalue weighted by molar-refractivity contribution is -0.135. The van der Waals surface area contributed by atoms with E-state index in [2.05, 4.69) is 20.1 Å². The third kappa shape index (κ3) is 1.42. The van der Waals surface area contributed by atoms with E-state index in [-0.39, 0.29) is 11.5 Å². The van der Waals surface area contributed by atoms with Crippen molar-refractivity contribution in [2.45, 2.75) is 39.2 Å². The molecule has 0 aliphatic heterocycles. The Morgan fingerprint density at radius 2 is 2.21 bits per heavy atom. The van der Waals surface area contributed by atoms with Crippen LogP contribution in [-0.2, 0) is 0 Å². The molecule has 0 aromatic heterocycles. The Morgan fingerprint density at radius 1 is 1.50 bits per heavy atom. The van der Waals surface area contributed by atoms with Gasteiger partial charge >= 0.3 is 0 Å². The summed E-state index contributed by atoms with van der Waals surface area (Å²) in [7, 11) is 0. The molecule has 5 atom stereocenters. The number of hydrogen-bond acceptors (Lipinski definition) is 2. The molecule has 0 radical (unpaired) electrons. The maximum absolute atomic E-state index is 10.4. The molecule has 14 heavy (non-hydrogen) atoms. The van der Waals surface area contributed by atoms with Crippen molar-refractivity contribution >= 4 is 11.8 Å². The van der Waals surface area contributed by atoms with Crippen molar-refractivity contribution in [1.29, 1.82) is 0 Å². The van der Waals surface area contributed by atoms with Crippen LogP contribution in [0.15, 0.2) is 0 Å². The van der Waals surface area contributed by atoms with Crippen molar-refractivity contribution in [3.05, 3.63) is 0 Å². The highest BCUT2D eigenvalue weighted by Gasteiger charge is 2.53. The van der Waals surface area contributed by atoms with Crippen molar-refractivity contribution < 1.29 is 5.11 Å². The molecule has 3 fully saturated rings. The topological polar surface area (TPSA) is 20.2 Å². The van der Waals surface area contributed by atoms with E-state index in [1.54, 1.807) is 0 Å². The number of aliphatic hydroxyl groups is 1. The van der Waals surface area contributed by atoms with Gasteiger partial charge < -0.3 is 5.11 Å². The van der Waals surface area contributed by atoms with Gasteiger partial charge in [-0.05, 0) is 54.4 Å². The molecule has 3 rings (SSSR count). The van der Waals surface area contributed by atoms with Crippen LogP contribution < -0.4 is 0 Å². The zero-order chi connectivity index (χ0) is 10.3. The van der Waals surface area contributed by atoms with Gasteiger partial charge in [-0.1, -0.05) is 13.8 Å². The summed E-state index contributed by atoms with van der Waals surface area (Å²) in [6.07, 6.45) is 6.05. The van der Waals surface area contributed by atoms with E-state index in [0.29, 0.717) is 11.8 Å². The Morgan fingerprint density at radius 3 is 2.79 bits per heavy atom. The maximum atomic E-state index is 10.4. The van der Waals surface area contributed by atoms with E-state index in [9.17, 15) is 5.11 Å². The van der Waals surface area contributed by atoms with E-state index in [0.717, 1.165) is 11.7 Å². The van der Waals surface area contributed by atoms with Crippen molar-refractivity contribution in [1.82, 2.24) is 0 Å². The van der Waals surface area contributed by atoms with Crippen LogP contribution in [0.25, 0.3) is 0 Å². The molecule has 2 heteroatoms. The molecule has 3 saturated carbocycles. The second-order valence-electron chi connectivity index (χ2n) is 5.51. The SMILES string of the molecule is CSC[C@H]1[C@H]2CC[C@](C)([C@H](C)C2)[C@H]1O. The van der Waals surface area contributed by atoms with Crippen LogP contribution in [-0.4, -0.2) is 23.2 Å². The van der Waals surface area contributed by atoms with Gasteiger partial charge in [0.25, 0.3) is 0 Å². The van der Waals surface area contributed by atoms with Gasteiger partial charge in [-0.15, -0.1) is 0 Å². The molecule has 0 heterocycles. The lowest BCUT2D eigenvalue weighted by atomic mass is 9.51. The fraction of sp³-hybridized carbons (Fsp3) is 1.00. The molecule has 0 saturated heterocycles. The summed E-state index contributed by atoms with van der Waals surface area (Å²) in [6, 6.07) is 0. The summed E-state index contributed by atoms with van der Waals surface area (Å²) >= 11 is 1.89. The first-order valence-electron chi connectivity index (χ1n) is 5.76. The fourth-order valence-electron chi connectivity index (χ4n) is 3.58. The van der Waals surface area contributed by atoms with Gasteiger partial charge in [0.15, 0.2) is 0 Å². The van der Waals surface area contributed by atoms with Gasteiger partial charge in [0.2, 0.25) is 0 Å². The first-order chi connectivity index (χ1) is 6.59. The minimum atomic E-state index is -0.0440. The van der Waals surface area contributed by atoms with Crippen LogP contribution in [0.4, 0.5) is 0 Å². The van der Waals surface area contributed by atoms with E-state index < -0.39 is 0 Å². The first kappa shape index (κ1) is 10.8. The predicted molar refractivity (Wildman–Crippen MR) is 62.5 cm³/mol. The van der Waals surface area contributed by atoms with Crippen molar-refractivity contribution in [2.24, 2.45) is 23.2 Å². The second-order valence-corrected chi connectivity index (χ2v) is 6.42. The number of hydrogen-bond donors (Lipinski definition) is 1. The van der Waals surface area contributed by atoms with E-state index in [4.69, 9.17) is 0 Å². The van der Waals surface area contributed by atoms with Crippen LogP contribution in [0.3, 0.4) is 0 Å². The molecule has 0 amide bonds. The molecule has 82 valence electrons. The van der Waals surface area contributed by atoms with E-state index >= 15 is 0 Å². The summed E-state index contributed by atoms with van der Waals surface area (Å²) in [4.78, 5) is 0. The highest BCUT2D eigenvalue weighted by atomic mass is 32.2. The quantitative estimate of drug-likeness (QED) is 0.763. The Hall–Kier alpha value is 0.310. The number of aliphatic hydroxyl groups excluding tert-OH is 1. The predicted octanol–water partition coefficient (Wildman–Crippen LogP) is 2.78. The highest BCUT2D eigenvalue weighted by Crippen LogP contribution is 2.56. The zero-order valence-electron chi connectivity index (χ0n) is 9.49. The first-order valence-corrected chi connectivity index (χ1v) is 7.16. The van der Waals surface area contributed by atoms with Gasteiger partial charge in [0, 0.05) is 0 Å². The highest BCUT2D eigenvalue weighted by molar-refractivity contribution is 7.98. The Labute approximate surface area is 91.7 Å². The third-order valence-electron chi connectivity index (χ3n) is 4.88. The summed E-state index contributed by atoms with van der Waals surface area (Å²) in [5.74, 6) is 3.23. The summed E-state index contributed by atoms with van der Waals surface area (Å²) in [5, 5.41) is 10.4. The molecule has 3 aliphatic carbocycles. The monoisotopic (exact) mass is 214 g/mol. The van der Waals surface area contributed by atoms with Gasteiger partial charge in [-0.25, -0.2) is 0 Å². The summed E-state index contributed by atoms with van der Waals surface area (Å²) in [5.41, 5.74) is 0.217. The summed E-state index contributed by atoms with van der Waals surface area (Å²) in [6.45, 7) is 4.62. The summed E-state index contributed by atoms with van der Waals surface area (Å²) < 4.78 is 0. The Bertz CT molecular complexity index is 218. The largest absolute Gasteiger partial charge is 0.392 e. The average Bonchev–Trinajstić information content (AvgIpc) is 2.16. The Balaban J connectivity index is 2.18. The lowest BCUT2D eigenvalue weighted by Gasteiger charge is -2.56. The molecule has 0 aromatic carbocycles. The third-order valence-corrected chi connectivity index (χ3v) is 5.60. The van der Waals surface area contributed by atoms with Crippen molar-refractivity contribution in [3.8, 4) is 0 Å². The van der Waals surface area contributed by atoms with Crippen LogP contribution in [0.2, 0.25) is 0 Å². The van der Waals surface area contributed by atoms with E-state index in [1.165, 1.54) is 19.3 Å². The van der Waals surface area contributed by atoms with Crippen molar-refractivity contribution in [3.63, 3.8) is 0 Å².